The number of hydrogen-bond acceptors (Lipinski definition) is 3. The van der Waals surface area contributed by atoms with E-state index in [2.05, 4.69) is 21.2 Å². The van der Waals surface area contributed by atoms with E-state index in [-0.39, 0.29) is 24.8 Å². The lowest BCUT2D eigenvalue weighted by Crippen LogP contribution is -2.40. The summed E-state index contributed by atoms with van der Waals surface area (Å²) >= 11 is 2.98. The van der Waals surface area contributed by atoms with E-state index >= 15 is 0 Å². The zero-order valence-electron chi connectivity index (χ0n) is 10.6. The van der Waals surface area contributed by atoms with Crippen molar-refractivity contribution in [2.45, 2.75) is 19.1 Å². The lowest BCUT2D eigenvalue weighted by atomic mass is 10.2. The first-order valence-electron chi connectivity index (χ1n) is 5.74. The molecule has 1 aromatic rings. The molecule has 1 aromatic carbocycles. The Labute approximate surface area is 122 Å². The summed E-state index contributed by atoms with van der Waals surface area (Å²) in [7, 11) is 0. The maximum atomic E-state index is 12.8. The molecule has 1 unspecified atom stereocenters. The molecule has 8 heteroatoms. The molecule has 1 rings (SSSR count). The average Bonchev–Trinajstić information content (AvgIpc) is 2.34. The molecule has 0 saturated carbocycles. The number of alkyl halides is 3. The largest absolute Gasteiger partial charge is 0.491 e. The second-order valence-corrected chi connectivity index (χ2v) is 4.98. The number of ether oxygens (including phenoxy) is 1. The van der Waals surface area contributed by atoms with Crippen molar-refractivity contribution in [2.75, 3.05) is 13.2 Å². The molecule has 0 saturated heterocycles. The van der Waals surface area contributed by atoms with Gasteiger partial charge in [-0.2, -0.15) is 13.2 Å². The minimum absolute atomic E-state index is 0.0771. The van der Waals surface area contributed by atoms with Crippen molar-refractivity contribution in [3.8, 4) is 5.75 Å². The van der Waals surface area contributed by atoms with E-state index in [1.807, 2.05) is 0 Å². The quantitative estimate of drug-likeness (QED) is 0.797. The molecule has 0 heterocycles. The summed E-state index contributed by atoms with van der Waals surface area (Å²) in [6.07, 6.45) is -4.51. The van der Waals surface area contributed by atoms with E-state index in [1.165, 1.54) is 19.1 Å². The third-order valence-electron chi connectivity index (χ3n) is 2.32. The summed E-state index contributed by atoms with van der Waals surface area (Å²) in [5.41, 5.74) is 4.45. The van der Waals surface area contributed by atoms with Crippen LogP contribution >= 0.6 is 15.9 Å². The highest BCUT2D eigenvalue weighted by molar-refractivity contribution is 9.10. The summed E-state index contributed by atoms with van der Waals surface area (Å²) < 4.78 is 43.7. The lowest BCUT2D eigenvalue weighted by Gasteiger charge is -2.15. The van der Waals surface area contributed by atoms with Crippen molar-refractivity contribution < 1.29 is 22.7 Å². The molecular formula is C12H14BrF3N2O2. The van der Waals surface area contributed by atoms with Gasteiger partial charge in [0.1, 0.15) is 12.4 Å². The second-order valence-electron chi connectivity index (χ2n) is 4.07. The first-order chi connectivity index (χ1) is 9.21. The molecule has 20 heavy (non-hydrogen) atoms. The van der Waals surface area contributed by atoms with E-state index in [9.17, 15) is 18.0 Å². The number of carbonyl (C=O) groups is 1. The van der Waals surface area contributed by atoms with Crippen LogP contribution in [0.3, 0.4) is 0 Å². The van der Waals surface area contributed by atoms with Gasteiger partial charge in [0.2, 0.25) is 5.91 Å². The lowest BCUT2D eigenvalue weighted by molar-refractivity contribution is -0.139. The van der Waals surface area contributed by atoms with Crippen LogP contribution in [-0.2, 0) is 11.0 Å². The number of benzene rings is 1. The van der Waals surface area contributed by atoms with Crippen molar-refractivity contribution >= 4 is 21.8 Å². The number of amides is 1. The van der Waals surface area contributed by atoms with Crippen LogP contribution in [0.1, 0.15) is 12.5 Å². The minimum atomic E-state index is -4.51. The Morgan fingerprint density at radius 1 is 1.50 bits per heavy atom. The number of halogens is 4. The van der Waals surface area contributed by atoms with E-state index in [0.29, 0.717) is 4.47 Å². The first-order valence-corrected chi connectivity index (χ1v) is 6.54. The maximum absolute atomic E-state index is 12.8. The van der Waals surface area contributed by atoms with Crippen molar-refractivity contribution in [1.29, 1.82) is 0 Å². The van der Waals surface area contributed by atoms with Crippen LogP contribution in [-0.4, -0.2) is 25.1 Å². The van der Waals surface area contributed by atoms with Gasteiger partial charge in [-0.05, 0) is 25.1 Å². The van der Waals surface area contributed by atoms with Gasteiger partial charge in [0.15, 0.2) is 0 Å². The topological polar surface area (TPSA) is 64.4 Å². The highest BCUT2D eigenvalue weighted by Crippen LogP contribution is 2.37. The van der Waals surface area contributed by atoms with Gasteiger partial charge < -0.3 is 15.8 Å². The van der Waals surface area contributed by atoms with Crippen LogP contribution in [0, 0.1) is 0 Å². The fourth-order valence-corrected chi connectivity index (χ4v) is 1.71. The van der Waals surface area contributed by atoms with Gasteiger partial charge in [-0.3, -0.25) is 4.79 Å². The molecular weight excluding hydrogens is 341 g/mol. The maximum Gasteiger partial charge on any atom is 0.420 e. The Hall–Kier alpha value is -1.28. The minimum Gasteiger partial charge on any atom is -0.491 e. The molecule has 0 aliphatic carbocycles. The zero-order chi connectivity index (χ0) is 15.3. The van der Waals surface area contributed by atoms with E-state index in [4.69, 9.17) is 10.5 Å². The Balaban J connectivity index is 2.63. The Morgan fingerprint density at radius 2 is 2.15 bits per heavy atom. The van der Waals surface area contributed by atoms with Gasteiger partial charge in [-0.1, -0.05) is 15.9 Å². The molecule has 1 atom stereocenters. The average molecular weight is 355 g/mol. The highest BCUT2D eigenvalue weighted by atomic mass is 79.9. The summed E-state index contributed by atoms with van der Waals surface area (Å²) in [5.74, 6) is -0.670. The molecule has 4 nitrogen and oxygen atoms in total. The van der Waals surface area contributed by atoms with Crippen LogP contribution in [0.5, 0.6) is 5.75 Å². The van der Waals surface area contributed by atoms with Crippen LogP contribution in [0.2, 0.25) is 0 Å². The number of hydrogen-bond donors (Lipinski definition) is 2. The number of nitrogens with two attached hydrogens (primary N) is 1. The summed E-state index contributed by atoms with van der Waals surface area (Å²) in [6.45, 7) is 1.50. The van der Waals surface area contributed by atoms with Crippen LogP contribution in [0.4, 0.5) is 13.2 Å². The first kappa shape index (κ1) is 16.8. The third kappa shape index (κ3) is 5.01. The Kier molecular flexibility index (Phi) is 5.82. The van der Waals surface area contributed by atoms with Crippen molar-refractivity contribution in [3.05, 3.63) is 28.2 Å². The summed E-state index contributed by atoms with van der Waals surface area (Å²) in [5, 5.41) is 2.44. The molecule has 0 fully saturated rings. The van der Waals surface area contributed by atoms with Gasteiger partial charge in [-0.25, -0.2) is 0 Å². The summed E-state index contributed by atoms with van der Waals surface area (Å²) in [6, 6.07) is 2.94. The fourth-order valence-electron chi connectivity index (χ4n) is 1.35. The second kappa shape index (κ2) is 6.94. The Bertz CT molecular complexity index is 478. The van der Waals surface area contributed by atoms with Gasteiger partial charge in [0, 0.05) is 4.47 Å². The fraction of sp³-hybridized carbons (Fsp3) is 0.417. The molecule has 0 bridgehead atoms. The highest BCUT2D eigenvalue weighted by Gasteiger charge is 2.34. The monoisotopic (exact) mass is 354 g/mol. The van der Waals surface area contributed by atoms with Crippen LogP contribution in [0.15, 0.2) is 22.7 Å². The van der Waals surface area contributed by atoms with Crippen LogP contribution in [0.25, 0.3) is 0 Å². The molecule has 3 N–H and O–H groups in total. The molecule has 0 aliphatic rings. The predicted molar refractivity (Wildman–Crippen MR) is 71.3 cm³/mol. The standard InChI is InChI=1S/C12H14BrF3N2O2/c1-7(17)11(19)18-4-5-20-10-3-2-8(13)6-9(10)12(14,15)16/h2-3,6-7H,4-5,17H2,1H3,(H,18,19). The number of rotatable bonds is 5. The van der Waals surface area contributed by atoms with Gasteiger partial charge in [0.05, 0.1) is 18.2 Å². The molecule has 0 aromatic heterocycles. The Morgan fingerprint density at radius 3 is 2.70 bits per heavy atom. The van der Waals surface area contributed by atoms with Crippen LogP contribution < -0.4 is 15.8 Å². The molecule has 112 valence electrons. The molecule has 0 spiro atoms. The number of carbonyl (C=O) groups excluding carboxylic acids is 1. The summed E-state index contributed by atoms with van der Waals surface area (Å²) in [4.78, 5) is 11.1. The van der Waals surface area contributed by atoms with Crippen molar-refractivity contribution in [3.63, 3.8) is 0 Å². The van der Waals surface area contributed by atoms with E-state index in [1.54, 1.807) is 0 Å². The number of nitrogens with one attached hydrogen (secondary N) is 1. The molecule has 0 aliphatic heterocycles. The van der Waals surface area contributed by atoms with Gasteiger partial charge in [0.25, 0.3) is 0 Å². The zero-order valence-corrected chi connectivity index (χ0v) is 12.2. The van der Waals surface area contributed by atoms with Crippen molar-refractivity contribution in [2.24, 2.45) is 5.73 Å². The van der Waals surface area contributed by atoms with Crippen molar-refractivity contribution in [1.82, 2.24) is 5.32 Å². The third-order valence-corrected chi connectivity index (χ3v) is 2.81. The van der Waals surface area contributed by atoms with E-state index in [0.717, 1.165) is 6.07 Å². The SMILES string of the molecule is CC(N)C(=O)NCCOc1ccc(Br)cc1C(F)(F)F. The van der Waals surface area contributed by atoms with Gasteiger partial charge in [-0.15, -0.1) is 0 Å². The van der Waals surface area contributed by atoms with E-state index < -0.39 is 17.8 Å². The molecule has 0 radical (unpaired) electrons. The van der Waals surface area contributed by atoms with Gasteiger partial charge >= 0.3 is 6.18 Å². The smallest absolute Gasteiger partial charge is 0.420 e. The predicted octanol–water partition coefficient (Wildman–Crippen LogP) is 2.31. The molecule has 1 amide bonds. The normalized spacial score (nSPS) is 12.9.